The summed E-state index contributed by atoms with van der Waals surface area (Å²) >= 11 is 0. The minimum atomic E-state index is -2.88. The second-order valence-corrected chi connectivity index (χ2v) is 5.87. The van der Waals surface area contributed by atoms with Crippen molar-refractivity contribution in [3.8, 4) is 11.5 Å². The number of alkyl halides is 2. The zero-order chi connectivity index (χ0) is 14.9. The highest BCUT2D eigenvalue weighted by Gasteiger charge is 2.33. The third-order valence-electron chi connectivity index (χ3n) is 4.13. The van der Waals surface area contributed by atoms with Crippen LogP contribution < -0.4 is 14.8 Å². The Labute approximate surface area is 123 Å². The third-order valence-corrected chi connectivity index (χ3v) is 4.13. The standard InChI is InChI=1S/C16H21F2NO2/c1-16(17,18)13-9-15-14(20-6-3-7-21-15)8-12(13)11-4-2-5-19-10-11/h8-9,11,19H,2-7,10H2,1H3. The van der Waals surface area contributed by atoms with Crippen LogP contribution in [0.1, 0.15) is 43.2 Å². The Hall–Kier alpha value is -1.36. The first kappa shape index (κ1) is 14.6. The lowest BCUT2D eigenvalue weighted by Crippen LogP contribution is -2.29. The first-order valence-corrected chi connectivity index (χ1v) is 7.58. The molecule has 2 aliphatic rings. The summed E-state index contributed by atoms with van der Waals surface area (Å²) in [6.07, 6.45) is 2.70. The van der Waals surface area contributed by atoms with Crippen molar-refractivity contribution in [2.45, 2.75) is 38.0 Å². The highest BCUT2D eigenvalue weighted by Crippen LogP contribution is 2.42. The molecule has 0 spiro atoms. The summed E-state index contributed by atoms with van der Waals surface area (Å²) in [6, 6.07) is 3.25. The second-order valence-electron chi connectivity index (χ2n) is 5.87. The van der Waals surface area contributed by atoms with Crippen molar-refractivity contribution < 1.29 is 18.3 Å². The average Bonchev–Trinajstić information content (AvgIpc) is 2.70. The lowest BCUT2D eigenvalue weighted by atomic mass is 9.86. The molecule has 1 N–H and O–H groups in total. The zero-order valence-electron chi connectivity index (χ0n) is 12.3. The van der Waals surface area contributed by atoms with Gasteiger partial charge in [-0.2, -0.15) is 0 Å². The molecular weight excluding hydrogens is 276 g/mol. The maximum atomic E-state index is 14.0. The molecule has 5 heteroatoms. The van der Waals surface area contributed by atoms with Gasteiger partial charge in [0.2, 0.25) is 0 Å². The van der Waals surface area contributed by atoms with E-state index in [0.29, 0.717) is 30.3 Å². The van der Waals surface area contributed by atoms with Gasteiger partial charge in [-0.25, -0.2) is 8.78 Å². The molecule has 1 aromatic rings. The molecule has 3 rings (SSSR count). The van der Waals surface area contributed by atoms with E-state index in [1.54, 1.807) is 6.07 Å². The number of nitrogens with one attached hydrogen (secondary N) is 1. The van der Waals surface area contributed by atoms with Crippen molar-refractivity contribution in [1.29, 1.82) is 0 Å². The summed E-state index contributed by atoms with van der Waals surface area (Å²) < 4.78 is 39.3. The van der Waals surface area contributed by atoms with Crippen LogP contribution >= 0.6 is 0 Å². The monoisotopic (exact) mass is 297 g/mol. The van der Waals surface area contributed by atoms with Crippen molar-refractivity contribution >= 4 is 0 Å². The second kappa shape index (κ2) is 5.79. The molecule has 1 atom stereocenters. The first-order chi connectivity index (χ1) is 10.1. The van der Waals surface area contributed by atoms with Crippen LogP contribution in [0.3, 0.4) is 0 Å². The fraction of sp³-hybridized carbons (Fsp3) is 0.625. The molecule has 0 radical (unpaired) electrons. The molecule has 116 valence electrons. The quantitative estimate of drug-likeness (QED) is 0.907. The van der Waals surface area contributed by atoms with Crippen LogP contribution in [-0.2, 0) is 5.92 Å². The summed E-state index contributed by atoms with van der Waals surface area (Å²) in [7, 11) is 0. The largest absolute Gasteiger partial charge is 0.490 e. The van der Waals surface area contributed by atoms with Gasteiger partial charge in [0.1, 0.15) is 0 Å². The zero-order valence-corrected chi connectivity index (χ0v) is 12.3. The minimum Gasteiger partial charge on any atom is -0.490 e. The molecule has 1 aromatic carbocycles. The number of rotatable bonds is 2. The van der Waals surface area contributed by atoms with Crippen molar-refractivity contribution in [3.63, 3.8) is 0 Å². The summed E-state index contributed by atoms with van der Waals surface area (Å²) in [5, 5.41) is 3.29. The lowest BCUT2D eigenvalue weighted by molar-refractivity contribution is 0.0157. The van der Waals surface area contributed by atoms with Crippen molar-refractivity contribution in [2.24, 2.45) is 0 Å². The number of piperidine rings is 1. The summed E-state index contributed by atoms with van der Waals surface area (Å²) in [4.78, 5) is 0. The molecule has 3 nitrogen and oxygen atoms in total. The molecule has 0 amide bonds. The van der Waals surface area contributed by atoms with Gasteiger partial charge in [0.25, 0.3) is 5.92 Å². The SMILES string of the molecule is CC(F)(F)c1cc2c(cc1C1CCCNC1)OCCCO2. The van der Waals surface area contributed by atoms with Gasteiger partial charge in [-0.3, -0.25) is 0 Å². The van der Waals surface area contributed by atoms with Gasteiger partial charge in [-0.05, 0) is 43.0 Å². The Balaban J connectivity index is 2.04. The van der Waals surface area contributed by atoms with E-state index in [9.17, 15) is 8.78 Å². The smallest absolute Gasteiger partial charge is 0.270 e. The molecule has 0 bridgehead atoms. The molecule has 0 aromatic heterocycles. The van der Waals surface area contributed by atoms with E-state index >= 15 is 0 Å². The van der Waals surface area contributed by atoms with E-state index in [-0.39, 0.29) is 11.5 Å². The van der Waals surface area contributed by atoms with Crippen LogP contribution in [-0.4, -0.2) is 26.3 Å². The lowest BCUT2D eigenvalue weighted by Gasteiger charge is -2.28. The number of benzene rings is 1. The number of ether oxygens (including phenoxy) is 2. The fourth-order valence-corrected chi connectivity index (χ4v) is 3.06. The molecule has 1 unspecified atom stereocenters. The molecule has 0 aliphatic carbocycles. The summed E-state index contributed by atoms with van der Waals surface area (Å²) in [5.74, 6) is -1.73. The van der Waals surface area contributed by atoms with Gasteiger partial charge in [-0.1, -0.05) is 0 Å². The third kappa shape index (κ3) is 3.12. The van der Waals surface area contributed by atoms with Crippen LogP contribution in [0.5, 0.6) is 11.5 Å². The fourth-order valence-electron chi connectivity index (χ4n) is 3.06. The van der Waals surface area contributed by atoms with Crippen molar-refractivity contribution in [3.05, 3.63) is 23.3 Å². The molecule has 21 heavy (non-hydrogen) atoms. The van der Waals surface area contributed by atoms with Crippen LogP contribution in [0.25, 0.3) is 0 Å². The molecule has 1 fully saturated rings. The maximum absolute atomic E-state index is 14.0. The summed E-state index contributed by atoms with van der Waals surface area (Å²) in [6.45, 7) is 3.72. The number of halogens is 2. The summed E-state index contributed by atoms with van der Waals surface area (Å²) in [5.41, 5.74) is 0.763. The Kier molecular flexibility index (Phi) is 4.02. The van der Waals surface area contributed by atoms with Gasteiger partial charge in [0.15, 0.2) is 11.5 Å². The predicted octanol–water partition coefficient (Wildman–Crippen LogP) is 3.43. The van der Waals surface area contributed by atoms with E-state index in [1.165, 1.54) is 6.07 Å². The van der Waals surface area contributed by atoms with Gasteiger partial charge in [-0.15, -0.1) is 0 Å². The molecule has 2 aliphatic heterocycles. The first-order valence-electron chi connectivity index (χ1n) is 7.58. The van der Waals surface area contributed by atoms with Gasteiger partial charge in [0, 0.05) is 25.5 Å². The Bertz CT molecular complexity index is 508. The Morgan fingerprint density at radius 1 is 1.14 bits per heavy atom. The Morgan fingerprint density at radius 2 is 1.86 bits per heavy atom. The van der Waals surface area contributed by atoms with Gasteiger partial charge >= 0.3 is 0 Å². The molecule has 2 heterocycles. The molecule has 0 saturated carbocycles. The van der Waals surface area contributed by atoms with E-state index in [0.717, 1.165) is 39.3 Å². The molecule has 1 saturated heterocycles. The number of hydrogen-bond acceptors (Lipinski definition) is 3. The molecular formula is C16H21F2NO2. The van der Waals surface area contributed by atoms with Gasteiger partial charge in [0.05, 0.1) is 13.2 Å². The highest BCUT2D eigenvalue weighted by atomic mass is 19.3. The van der Waals surface area contributed by atoms with Crippen LogP contribution in [0, 0.1) is 0 Å². The van der Waals surface area contributed by atoms with Crippen LogP contribution in [0.4, 0.5) is 8.78 Å². The normalized spacial score (nSPS) is 22.7. The Morgan fingerprint density at radius 3 is 2.48 bits per heavy atom. The van der Waals surface area contributed by atoms with E-state index in [4.69, 9.17) is 9.47 Å². The maximum Gasteiger partial charge on any atom is 0.270 e. The number of fused-ring (bicyclic) bond motifs is 1. The topological polar surface area (TPSA) is 30.5 Å². The van der Waals surface area contributed by atoms with Gasteiger partial charge < -0.3 is 14.8 Å². The van der Waals surface area contributed by atoms with E-state index in [2.05, 4.69) is 5.32 Å². The predicted molar refractivity (Wildman–Crippen MR) is 76.5 cm³/mol. The van der Waals surface area contributed by atoms with Crippen molar-refractivity contribution in [2.75, 3.05) is 26.3 Å². The average molecular weight is 297 g/mol. The van der Waals surface area contributed by atoms with Crippen LogP contribution in [0.15, 0.2) is 12.1 Å². The van der Waals surface area contributed by atoms with E-state index in [1.807, 2.05) is 0 Å². The number of hydrogen-bond donors (Lipinski definition) is 1. The highest BCUT2D eigenvalue weighted by molar-refractivity contribution is 5.50. The minimum absolute atomic E-state index is 0.0699. The van der Waals surface area contributed by atoms with E-state index < -0.39 is 5.92 Å². The van der Waals surface area contributed by atoms with Crippen molar-refractivity contribution in [1.82, 2.24) is 5.32 Å². The van der Waals surface area contributed by atoms with Crippen LogP contribution in [0.2, 0.25) is 0 Å².